The van der Waals surface area contributed by atoms with E-state index in [-0.39, 0.29) is 18.0 Å². The average Bonchev–Trinajstić information content (AvgIpc) is 2.95. The van der Waals surface area contributed by atoms with Crippen LogP contribution in [0.25, 0.3) is 0 Å². The number of aromatic carboxylic acids is 1. The Hall–Kier alpha value is -2.44. The Morgan fingerprint density at radius 1 is 1.37 bits per heavy atom. The van der Waals surface area contributed by atoms with Gasteiger partial charge in [-0.2, -0.15) is 0 Å². The smallest absolute Gasteiger partial charge is 0.352 e. The molecule has 0 fully saturated rings. The molecule has 0 aliphatic heterocycles. The molecule has 0 spiro atoms. The van der Waals surface area contributed by atoms with Gasteiger partial charge in [0.2, 0.25) is 0 Å². The first-order valence-electron chi connectivity index (χ1n) is 5.84. The number of aromatic nitrogens is 4. The van der Waals surface area contributed by atoms with Gasteiger partial charge in [0.05, 0.1) is 6.54 Å². The lowest BCUT2D eigenvalue weighted by atomic mass is 10.2. The van der Waals surface area contributed by atoms with Crippen LogP contribution in [0.1, 0.15) is 40.5 Å². The zero-order valence-corrected chi connectivity index (χ0v) is 10.7. The van der Waals surface area contributed by atoms with Gasteiger partial charge >= 0.3 is 5.97 Å². The van der Waals surface area contributed by atoms with Crippen LogP contribution in [0.4, 0.5) is 0 Å². The highest BCUT2D eigenvalue weighted by molar-refractivity contribution is 5.97. The standard InChI is InChI=1S/C12H14N4O3/c1-3-15-7-13-14-11(15)6-16-5-9(8(2)17)4-10(16)12(18)19/h4-5,7H,3,6H2,1-2H3,(H,18,19). The molecule has 2 aromatic rings. The van der Waals surface area contributed by atoms with Crippen LogP contribution in [0, 0.1) is 0 Å². The molecule has 2 heterocycles. The maximum absolute atomic E-state index is 11.3. The minimum absolute atomic E-state index is 0.0656. The molecule has 2 rings (SSSR count). The average molecular weight is 262 g/mol. The highest BCUT2D eigenvalue weighted by Gasteiger charge is 2.16. The number of hydrogen-bond donors (Lipinski definition) is 1. The molecule has 0 amide bonds. The summed E-state index contributed by atoms with van der Waals surface area (Å²) in [5, 5.41) is 16.9. The van der Waals surface area contributed by atoms with Crippen molar-refractivity contribution < 1.29 is 14.7 Å². The Morgan fingerprint density at radius 2 is 2.11 bits per heavy atom. The quantitative estimate of drug-likeness (QED) is 0.813. The fourth-order valence-corrected chi connectivity index (χ4v) is 1.83. The van der Waals surface area contributed by atoms with Crippen molar-refractivity contribution in [3.05, 3.63) is 35.7 Å². The third-order valence-corrected chi connectivity index (χ3v) is 2.87. The van der Waals surface area contributed by atoms with Crippen molar-refractivity contribution in [2.75, 3.05) is 0 Å². The summed E-state index contributed by atoms with van der Waals surface area (Å²) in [5.41, 5.74) is 0.441. The number of carbonyl (C=O) groups excluding carboxylic acids is 1. The summed E-state index contributed by atoms with van der Waals surface area (Å²) in [7, 11) is 0. The number of carboxylic acid groups (broad SMARTS) is 1. The summed E-state index contributed by atoms with van der Waals surface area (Å²) < 4.78 is 3.31. The number of nitrogens with zero attached hydrogens (tertiary/aromatic N) is 4. The van der Waals surface area contributed by atoms with E-state index in [0.717, 1.165) is 0 Å². The van der Waals surface area contributed by atoms with Gasteiger partial charge in [-0.25, -0.2) is 4.79 Å². The van der Waals surface area contributed by atoms with E-state index in [1.54, 1.807) is 6.33 Å². The number of ketones is 1. The lowest BCUT2D eigenvalue weighted by Crippen LogP contribution is -2.12. The molecular formula is C12H14N4O3. The molecule has 0 aliphatic carbocycles. The van der Waals surface area contributed by atoms with E-state index in [0.29, 0.717) is 17.9 Å². The van der Waals surface area contributed by atoms with Gasteiger partial charge in [0.25, 0.3) is 0 Å². The van der Waals surface area contributed by atoms with Crippen molar-refractivity contribution in [1.29, 1.82) is 0 Å². The summed E-state index contributed by atoms with van der Waals surface area (Å²) in [5.74, 6) is -0.594. The predicted molar refractivity (Wildman–Crippen MR) is 66.2 cm³/mol. The van der Waals surface area contributed by atoms with Gasteiger partial charge in [-0.3, -0.25) is 4.79 Å². The predicted octanol–water partition coefficient (Wildman–Crippen LogP) is 1.05. The zero-order chi connectivity index (χ0) is 14.0. The van der Waals surface area contributed by atoms with Crippen LogP contribution in [0.3, 0.4) is 0 Å². The van der Waals surface area contributed by atoms with Gasteiger partial charge in [0.15, 0.2) is 11.6 Å². The highest BCUT2D eigenvalue weighted by atomic mass is 16.4. The van der Waals surface area contributed by atoms with Crippen molar-refractivity contribution in [2.24, 2.45) is 0 Å². The molecule has 100 valence electrons. The molecule has 2 aromatic heterocycles. The van der Waals surface area contributed by atoms with Crippen LogP contribution in [0.5, 0.6) is 0 Å². The van der Waals surface area contributed by atoms with Crippen molar-refractivity contribution in [2.45, 2.75) is 26.9 Å². The summed E-state index contributed by atoms with van der Waals surface area (Å²) >= 11 is 0. The van der Waals surface area contributed by atoms with Crippen molar-refractivity contribution >= 4 is 11.8 Å². The molecule has 0 radical (unpaired) electrons. The number of carboxylic acids is 1. The van der Waals surface area contributed by atoms with E-state index in [2.05, 4.69) is 10.2 Å². The summed E-state index contributed by atoms with van der Waals surface area (Å²) in [6.07, 6.45) is 3.12. The Balaban J connectivity index is 2.38. The zero-order valence-electron chi connectivity index (χ0n) is 10.7. The van der Waals surface area contributed by atoms with Crippen LogP contribution in [0.2, 0.25) is 0 Å². The molecule has 19 heavy (non-hydrogen) atoms. The Morgan fingerprint density at radius 3 is 2.68 bits per heavy atom. The topological polar surface area (TPSA) is 90.0 Å². The molecule has 0 bridgehead atoms. The fraction of sp³-hybridized carbons (Fsp3) is 0.333. The molecule has 7 heteroatoms. The van der Waals surface area contributed by atoms with Gasteiger partial charge in [0, 0.05) is 18.3 Å². The van der Waals surface area contributed by atoms with Crippen molar-refractivity contribution in [3.8, 4) is 0 Å². The largest absolute Gasteiger partial charge is 0.477 e. The van der Waals surface area contributed by atoms with Crippen LogP contribution in [-0.2, 0) is 13.1 Å². The third-order valence-electron chi connectivity index (χ3n) is 2.87. The molecule has 0 unspecified atom stereocenters. The maximum atomic E-state index is 11.3. The second kappa shape index (κ2) is 5.05. The van der Waals surface area contributed by atoms with Gasteiger partial charge in [-0.15, -0.1) is 10.2 Å². The monoisotopic (exact) mass is 262 g/mol. The van der Waals surface area contributed by atoms with Gasteiger partial charge in [-0.05, 0) is 19.9 Å². The first-order valence-corrected chi connectivity index (χ1v) is 5.84. The fourth-order valence-electron chi connectivity index (χ4n) is 1.83. The molecule has 0 saturated heterocycles. The number of Topliss-reactive ketones (excluding diaryl/α,β-unsaturated/α-hetero) is 1. The SMILES string of the molecule is CCn1cnnc1Cn1cc(C(C)=O)cc1C(=O)O. The molecule has 0 atom stereocenters. The Labute approximate surface area is 109 Å². The van der Waals surface area contributed by atoms with Gasteiger partial charge < -0.3 is 14.2 Å². The Bertz CT molecular complexity index is 627. The highest BCUT2D eigenvalue weighted by Crippen LogP contribution is 2.12. The summed E-state index contributed by atoms with van der Waals surface area (Å²) in [4.78, 5) is 22.5. The normalized spacial score (nSPS) is 10.6. The minimum Gasteiger partial charge on any atom is -0.477 e. The third kappa shape index (κ3) is 2.54. The molecule has 0 saturated carbocycles. The van der Waals surface area contributed by atoms with E-state index in [4.69, 9.17) is 5.11 Å². The first kappa shape index (κ1) is 13.0. The molecule has 1 N–H and O–H groups in total. The van der Waals surface area contributed by atoms with E-state index in [9.17, 15) is 9.59 Å². The number of rotatable bonds is 5. The number of aryl methyl sites for hydroxylation is 1. The van der Waals surface area contributed by atoms with Gasteiger partial charge in [0.1, 0.15) is 12.0 Å². The van der Waals surface area contributed by atoms with Crippen molar-refractivity contribution in [3.63, 3.8) is 0 Å². The van der Waals surface area contributed by atoms with E-state index in [1.165, 1.54) is 23.8 Å². The molecule has 0 aromatic carbocycles. The lowest BCUT2D eigenvalue weighted by molar-refractivity contribution is 0.0685. The Kier molecular flexibility index (Phi) is 3.46. The second-order valence-corrected chi connectivity index (χ2v) is 4.14. The van der Waals surface area contributed by atoms with Crippen LogP contribution < -0.4 is 0 Å². The molecule has 7 nitrogen and oxygen atoms in total. The number of carbonyl (C=O) groups is 2. The van der Waals surface area contributed by atoms with Gasteiger partial charge in [-0.1, -0.05) is 0 Å². The lowest BCUT2D eigenvalue weighted by Gasteiger charge is -2.06. The second-order valence-electron chi connectivity index (χ2n) is 4.14. The maximum Gasteiger partial charge on any atom is 0.352 e. The first-order chi connectivity index (χ1) is 9.02. The minimum atomic E-state index is -1.07. The summed E-state index contributed by atoms with van der Waals surface area (Å²) in [6.45, 7) is 4.32. The number of hydrogen-bond acceptors (Lipinski definition) is 4. The summed E-state index contributed by atoms with van der Waals surface area (Å²) in [6, 6.07) is 1.37. The van der Waals surface area contributed by atoms with Crippen LogP contribution in [-0.4, -0.2) is 36.2 Å². The molecule has 0 aliphatic rings. The van der Waals surface area contributed by atoms with E-state index >= 15 is 0 Å². The molecular weight excluding hydrogens is 248 g/mol. The van der Waals surface area contributed by atoms with Crippen LogP contribution >= 0.6 is 0 Å². The van der Waals surface area contributed by atoms with Crippen molar-refractivity contribution in [1.82, 2.24) is 19.3 Å². The van der Waals surface area contributed by atoms with E-state index < -0.39 is 5.97 Å². The van der Waals surface area contributed by atoms with E-state index in [1.807, 2.05) is 11.5 Å². The van der Waals surface area contributed by atoms with Crippen LogP contribution in [0.15, 0.2) is 18.6 Å².